The number of rotatable bonds is 4. The summed E-state index contributed by atoms with van der Waals surface area (Å²) >= 11 is 5.88. The van der Waals surface area contributed by atoms with E-state index in [1.165, 1.54) is 12.5 Å². The van der Waals surface area contributed by atoms with Crippen molar-refractivity contribution in [3.63, 3.8) is 0 Å². The highest BCUT2D eigenvalue weighted by Gasteiger charge is 2.28. The van der Waals surface area contributed by atoms with Crippen LogP contribution in [0.5, 0.6) is 0 Å². The average Bonchev–Trinajstić information content (AvgIpc) is 2.19. The number of hydrogen-bond donors (Lipinski definition) is 2. The molecule has 0 radical (unpaired) electrons. The van der Waals surface area contributed by atoms with Crippen molar-refractivity contribution in [2.75, 3.05) is 5.73 Å². The van der Waals surface area contributed by atoms with E-state index < -0.39 is 10.0 Å². The number of nitrogens with two attached hydrogens (primary N) is 1. The summed E-state index contributed by atoms with van der Waals surface area (Å²) in [5, 5.41) is 0.378. The standard InChI is InChI=1S/C13H19ClN2O2S/c1-8-6-11(14)12(15)7-13(8)19(17,18)16-9(2)10-4-3-5-10/h6-7,9-10,16H,3-5,15H2,1-2H3. The Labute approximate surface area is 119 Å². The third kappa shape index (κ3) is 3.04. The first-order chi connectivity index (χ1) is 8.81. The van der Waals surface area contributed by atoms with E-state index in [9.17, 15) is 8.42 Å². The molecule has 0 aliphatic heterocycles. The first kappa shape index (κ1) is 14.6. The van der Waals surface area contributed by atoms with Crippen molar-refractivity contribution in [2.24, 2.45) is 5.92 Å². The molecule has 1 unspecified atom stereocenters. The SMILES string of the molecule is Cc1cc(Cl)c(N)cc1S(=O)(=O)NC(C)C1CCC1. The molecule has 6 heteroatoms. The van der Waals surface area contributed by atoms with E-state index in [1.807, 2.05) is 6.92 Å². The molecule has 1 saturated carbocycles. The molecule has 1 aliphatic carbocycles. The summed E-state index contributed by atoms with van der Waals surface area (Å²) < 4.78 is 27.5. The van der Waals surface area contributed by atoms with Crippen molar-refractivity contribution >= 4 is 27.3 Å². The lowest BCUT2D eigenvalue weighted by Crippen LogP contribution is -2.40. The van der Waals surface area contributed by atoms with Gasteiger partial charge in [0, 0.05) is 6.04 Å². The van der Waals surface area contributed by atoms with Crippen LogP contribution in [-0.2, 0) is 10.0 Å². The van der Waals surface area contributed by atoms with Crippen molar-refractivity contribution in [1.82, 2.24) is 4.72 Å². The van der Waals surface area contributed by atoms with Gasteiger partial charge >= 0.3 is 0 Å². The molecule has 1 fully saturated rings. The highest BCUT2D eigenvalue weighted by Crippen LogP contribution is 2.31. The summed E-state index contributed by atoms with van der Waals surface area (Å²) in [5.41, 5.74) is 6.58. The highest BCUT2D eigenvalue weighted by atomic mass is 35.5. The van der Waals surface area contributed by atoms with E-state index in [0.717, 1.165) is 12.8 Å². The van der Waals surface area contributed by atoms with Gasteiger partial charge in [-0.1, -0.05) is 18.0 Å². The van der Waals surface area contributed by atoms with Gasteiger partial charge in [0.1, 0.15) is 0 Å². The third-order valence-corrected chi connectivity index (χ3v) is 5.81. The maximum absolute atomic E-state index is 12.4. The molecule has 0 heterocycles. The molecule has 4 nitrogen and oxygen atoms in total. The minimum atomic E-state index is -3.54. The van der Waals surface area contributed by atoms with Crippen LogP contribution in [0.3, 0.4) is 0 Å². The lowest BCUT2D eigenvalue weighted by molar-refractivity contribution is 0.260. The fraction of sp³-hybridized carbons (Fsp3) is 0.538. The molecule has 1 aromatic carbocycles. The topological polar surface area (TPSA) is 72.2 Å². The Balaban J connectivity index is 2.26. The Morgan fingerprint density at radius 2 is 2.05 bits per heavy atom. The van der Waals surface area contributed by atoms with E-state index in [0.29, 0.717) is 16.5 Å². The molecule has 2 rings (SSSR count). The Morgan fingerprint density at radius 1 is 1.42 bits per heavy atom. The zero-order valence-electron chi connectivity index (χ0n) is 11.1. The van der Waals surface area contributed by atoms with E-state index >= 15 is 0 Å². The monoisotopic (exact) mass is 302 g/mol. The van der Waals surface area contributed by atoms with Gasteiger partial charge < -0.3 is 5.73 Å². The number of hydrogen-bond acceptors (Lipinski definition) is 3. The van der Waals surface area contributed by atoms with Gasteiger partial charge in [0.05, 0.1) is 15.6 Å². The molecular weight excluding hydrogens is 284 g/mol. The third-order valence-electron chi connectivity index (χ3n) is 3.78. The quantitative estimate of drug-likeness (QED) is 0.840. The summed E-state index contributed by atoms with van der Waals surface area (Å²) in [6.07, 6.45) is 3.36. The van der Waals surface area contributed by atoms with Crippen molar-refractivity contribution in [2.45, 2.75) is 44.0 Å². The molecule has 1 aliphatic rings. The van der Waals surface area contributed by atoms with Gasteiger partial charge in [-0.15, -0.1) is 0 Å². The van der Waals surface area contributed by atoms with Crippen LogP contribution in [0.4, 0.5) is 5.69 Å². The number of benzene rings is 1. The molecule has 0 bridgehead atoms. The normalized spacial score (nSPS) is 18.1. The van der Waals surface area contributed by atoms with Gasteiger partial charge in [-0.2, -0.15) is 0 Å². The van der Waals surface area contributed by atoms with Crippen LogP contribution in [-0.4, -0.2) is 14.5 Å². The van der Waals surface area contributed by atoms with Gasteiger partial charge in [0.2, 0.25) is 10.0 Å². The van der Waals surface area contributed by atoms with Crippen LogP contribution in [0, 0.1) is 12.8 Å². The zero-order valence-corrected chi connectivity index (χ0v) is 12.7. The van der Waals surface area contributed by atoms with Gasteiger partial charge in [-0.05, 0) is 50.3 Å². The number of aryl methyl sites for hydroxylation is 1. The Bertz CT molecular complexity index is 583. The van der Waals surface area contributed by atoms with E-state index in [1.54, 1.807) is 13.0 Å². The Morgan fingerprint density at radius 3 is 2.58 bits per heavy atom. The number of nitrogens with one attached hydrogen (secondary N) is 1. The van der Waals surface area contributed by atoms with Crippen LogP contribution >= 0.6 is 11.6 Å². The summed E-state index contributed by atoms with van der Waals surface area (Å²) in [7, 11) is -3.54. The number of sulfonamides is 1. The summed E-state index contributed by atoms with van der Waals surface area (Å²) in [6.45, 7) is 3.63. The van der Waals surface area contributed by atoms with E-state index in [-0.39, 0.29) is 16.6 Å². The van der Waals surface area contributed by atoms with Gasteiger partial charge in [-0.3, -0.25) is 0 Å². The van der Waals surface area contributed by atoms with Crippen molar-refractivity contribution in [3.05, 3.63) is 22.7 Å². The molecule has 0 amide bonds. The predicted molar refractivity (Wildman–Crippen MR) is 77.7 cm³/mol. The van der Waals surface area contributed by atoms with Crippen molar-refractivity contribution in [1.29, 1.82) is 0 Å². The smallest absolute Gasteiger partial charge is 0.241 e. The summed E-state index contributed by atoms with van der Waals surface area (Å²) in [6, 6.07) is 2.96. The lowest BCUT2D eigenvalue weighted by Gasteiger charge is -2.31. The lowest BCUT2D eigenvalue weighted by atomic mass is 9.81. The van der Waals surface area contributed by atoms with Crippen molar-refractivity contribution in [3.8, 4) is 0 Å². The van der Waals surface area contributed by atoms with Crippen LogP contribution in [0.2, 0.25) is 5.02 Å². The van der Waals surface area contributed by atoms with Crippen LogP contribution in [0.1, 0.15) is 31.7 Å². The molecule has 3 N–H and O–H groups in total. The minimum Gasteiger partial charge on any atom is -0.397 e. The minimum absolute atomic E-state index is 0.0462. The van der Waals surface area contributed by atoms with Crippen LogP contribution in [0.15, 0.2) is 17.0 Å². The first-order valence-electron chi connectivity index (χ1n) is 6.39. The molecule has 1 atom stereocenters. The predicted octanol–water partition coefficient (Wildman–Crippen LogP) is 2.70. The van der Waals surface area contributed by atoms with E-state index in [4.69, 9.17) is 17.3 Å². The second-order valence-corrected chi connectivity index (χ2v) is 7.33. The fourth-order valence-electron chi connectivity index (χ4n) is 2.30. The van der Waals surface area contributed by atoms with Crippen molar-refractivity contribution < 1.29 is 8.42 Å². The molecule has 1 aromatic rings. The van der Waals surface area contributed by atoms with Gasteiger partial charge in [0.15, 0.2) is 0 Å². The molecule has 0 spiro atoms. The molecular formula is C13H19ClN2O2S. The average molecular weight is 303 g/mol. The number of nitrogen functional groups attached to an aromatic ring is 1. The molecule has 19 heavy (non-hydrogen) atoms. The maximum atomic E-state index is 12.4. The Hall–Kier alpha value is -0.780. The summed E-state index contributed by atoms with van der Waals surface area (Å²) in [4.78, 5) is 0.209. The fourth-order valence-corrected chi connectivity index (χ4v) is 4.09. The Kier molecular flexibility index (Phi) is 4.08. The maximum Gasteiger partial charge on any atom is 0.241 e. The number of halogens is 1. The second kappa shape index (κ2) is 5.31. The van der Waals surface area contributed by atoms with Crippen LogP contribution < -0.4 is 10.5 Å². The molecule has 0 aromatic heterocycles. The molecule has 106 valence electrons. The van der Waals surface area contributed by atoms with Crippen LogP contribution in [0.25, 0.3) is 0 Å². The first-order valence-corrected chi connectivity index (χ1v) is 8.25. The number of anilines is 1. The molecule has 0 saturated heterocycles. The van der Waals surface area contributed by atoms with E-state index in [2.05, 4.69) is 4.72 Å². The van der Waals surface area contributed by atoms with Gasteiger partial charge in [0.25, 0.3) is 0 Å². The second-order valence-electron chi connectivity index (χ2n) is 5.24. The zero-order chi connectivity index (χ0) is 14.2. The highest BCUT2D eigenvalue weighted by molar-refractivity contribution is 7.89. The van der Waals surface area contributed by atoms with Gasteiger partial charge in [-0.25, -0.2) is 13.1 Å². The summed E-state index contributed by atoms with van der Waals surface area (Å²) in [5.74, 6) is 0.444. The largest absolute Gasteiger partial charge is 0.397 e.